The first-order valence-corrected chi connectivity index (χ1v) is 14.2. The molecule has 1 N–H and O–H groups in total. The summed E-state index contributed by atoms with van der Waals surface area (Å²) in [5, 5.41) is 8.97. The van der Waals surface area contributed by atoms with Gasteiger partial charge in [-0.05, 0) is 112 Å². The molecule has 0 spiro atoms. The Hall–Kier alpha value is -1.45. The minimum absolute atomic E-state index is 0.199. The van der Waals surface area contributed by atoms with Crippen molar-refractivity contribution in [2.75, 3.05) is 0 Å². The number of hydrogen-bond acceptors (Lipinski definition) is 3. The summed E-state index contributed by atoms with van der Waals surface area (Å²) in [4.78, 5) is 34.7. The Morgan fingerprint density at radius 2 is 1.68 bits per heavy atom. The lowest BCUT2D eigenvalue weighted by atomic mass is 9.51. The Morgan fingerprint density at radius 1 is 0.941 bits per heavy atom. The average molecular weight is 471 g/mol. The van der Waals surface area contributed by atoms with Crippen molar-refractivity contribution in [1.82, 2.24) is 0 Å². The van der Waals surface area contributed by atoms with E-state index in [9.17, 15) is 14.4 Å². The Labute approximate surface area is 206 Å². The van der Waals surface area contributed by atoms with Gasteiger partial charge in [0.15, 0.2) is 0 Å². The monoisotopic (exact) mass is 470 g/mol. The maximum atomic E-state index is 12.0. The predicted molar refractivity (Wildman–Crippen MR) is 134 cm³/mol. The molecule has 0 heterocycles. The van der Waals surface area contributed by atoms with Crippen LogP contribution in [0.3, 0.4) is 0 Å². The molecule has 0 aromatic heterocycles. The molecule has 0 aromatic rings. The van der Waals surface area contributed by atoms with Crippen LogP contribution < -0.4 is 0 Å². The van der Waals surface area contributed by atoms with Crippen LogP contribution in [0.15, 0.2) is 12.2 Å². The number of carbonyl (C=O) groups is 3. The van der Waals surface area contributed by atoms with Crippen molar-refractivity contribution < 1.29 is 19.5 Å². The highest BCUT2D eigenvalue weighted by atomic mass is 16.4. The number of carboxylic acids is 1. The number of unbranched alkanes of at least 4 members (excludes halogenated alkanes) is 3. The topological polar surface area (TPSA) is 71.4 Å². The van der Waals surface area contributed by atoms with Gasteiger partial charge in [0, 0.05) is 18.3 Å². The fourth-order valence-electron chi connectivity index (χ4n) is 9.22. The van der Waals surface area contributed by atoms with Crippen LogP contribution in [0.4, 0.5) is 0 Å². The van der Waals surface area contributed by atoms with Gasteiger partial charge in [-0.1, -0.05) is 38.3 Å². The van der Waals surface area contributed by atoms with E-state index in [2.05, 4.69) is 19.1 Å². The molecule has 4 bridgehead atoms. The van der Waals surface area contributed by atoms with Gasteiger partial charge >= 0.3 is 5.97 Å². The molecule has 0 aliphatic heterocycles. The van der Waals surface area contributed by atoms with Gasteiger partial charge in [0.25, 0.3) is 0 Å². The molecule has 7 atom stereocenters. The highest BCUT2D eigenvalue weighted by Crippen LogP contribution is 2.72. The minimum Gasteiger partial charge on any atom is -0.481 e. The smallest absolute Gasteiger partial charge is 0.303 e. The van der Waals surface area contributed by atoms with Crippen LogP contribution in [0.2, 0.25) is 0 Å². The second-order valence-electron chi connectivity index (χ2n) is 12.7. The van der Waals surface area contributed by atoms with Crippen LogP contribution in [-0.4, -0.2) is 23.6 Å². The van der Waals surface area contributed by atoms with Crippen molar-refractivity contribution in [3.8, 4) is 0 Å². The van der Waals surface area contributed by atoms with E-state index in [0.717, 1.165) is 25.7 Å². The molecule has 4 aliphatic carbocycles. The van der Waals surface area contributed by atoms with Gasteiger partial charge in [0.1, 0.15) is 12.6 Å². The van der Waals surface area contributed by atoms with E-state index in [-0.39, 0.29) is 29.1 Å². The second-order valence-corrected chi connectivity index (χ2v) is 12.7. The maximum Gasteiger partial charge on any atom is 0.303 e. The van der Waals surface area contributed by atoms with E-state index in [1.807, 2.05) is 0 Å². The fourth-order valence-corrected chi connectivity index (χ4v) is 9.22. The Morgan fingerprint density at radius 3 is 2.35 bits per heavy atom. The molecule has 4 nitrogen and oxygen atoms in total. The van der Waals surface area contributed by atoms with E-state index >= 15 is 0 Å². The van der Waals surface area contributed by atoms with Crippen LogP contribution >= 0.6 is 0 Å². The molecule has 0 amide bonds. The number of aliphatic carboxylic acids is 1. The molecule has 7 unspecified atom stereocenters. The van der Waals surface area contributed by atoms with Crippen LogP contribution in [-0.2, 0) is 14.4 Å². The van der Waals surface area contributed by atoms with E-state index < -0.39 is 5.97 Å². The van der Waals surface area contributed by atoms with Crippen molar-refractivity contribution in [1.29, 1.82) is 0 Å². The van der Waals surface area contributed by atoms with Crippen LogP contribution in [0, 0.1) is 39.9 Å². The molecule has 0 aromatic carbocycles. The number of carbonyl (C=O) groups excluding carboxylic acids is 2. The van der Waals surface area contributed by atoms with Crippen molar-refractivity contribution >= 4 is 18.5 Å². The average Bonchev–Trinajstić information content (AvgIpc) is 3.60. The molecule has 190 valence electrons. The summed E-state index contributed by atoms with van der Waals surface area (Å²) < 4.78 is 0. The zero-order valence-corrected chi connectivity index (χ0v) is 21.3. The molecule has 4 aliphatic rings. The highest BCUT2D eigenvalue weighted by Gasteiger charge is 2.63. The molecule has 0 radical (unpaired) electrons. The first kappa shape index (κ1) is 25.6. The van der Waals surface area contributed by atoms with Gasteiger partial charge in [0.05, 0.1) is 0 Å². The molecular formula is C30H46O4. The number of hydrogen-bond donors (Lipinski definition) is 1. The van der Waals surface area contributed by atoms with Gasteiger partial charge in [-0.15, -0.1) is 0 Å². The fraction of sp³-hybridized carbons (Fsp3) is 0.833. The third kappa shape index (κ3) is 4.93. The van der Waals surface area contributed by atoms with Gasteiger partial charge in [0.2, 0.25) is 0 Å². The zero-order chi connectivity index (χ0) is 24.2. The van der Waals surface area contributed by atoms with Crippen LogP contribution in [0.1, 0.15) is 116 Å². The summed E-state index contributed by atoms with van der Waals surface area (Å²) in [5.74, 6) is 0.943. The quantitative estimate of drug-likeness (QED) is 0.157. The summed E-state index contributed by atoms with van der Waals surface area (Å²) in [6, 6.07) is 0. The Kier molecular flexibility index (Phi) is 8.04. The number of rotatable bonds is 15. The van der Waals surface area contributed by atoms with Crippen LogP contribution in [0.5, 0.6) is 0 Å². The van der Waals surface area contributed by atoms with Crippen molar-refractivity contribution in [2.45, 2.75) is 116 Å². The normalized spacial score (nSPS) is 37.9. The first-order chi connectivity index (χ1) is 16.4. The van der Waals surface area contributed by atoms with E-state index in [1.54, 1.807) is 0 Å². The third-order valence-corrected chi connectivity index (χ3v) is 10.8. The third-order valence-electron chi connectivity index (χ3n) is 10.8. The van der Waals surface area contributed by atoms with Crippen molar-refractivity contribution in [2.24, 2.45) is 39.9 Å². The lowest BCUT2D eigenvalue weighted by Crippen LogP contribution is -2.44. The van der Waals surface area contributed by atoms with Gasteiger partial charge in [-0.2, -0.15) is 0 Å². The second kappa shape index (κ2) is 10.7. The Bertz CT molecular complexity index is 774. The Balaban J connectivity index is 1.61. The van der Waals surface area contributed by atoms with Gasteiger partial charge in [-0.3, -0.25) is 4.79 Å². The number of aldehydes is 2. The largest absolute Gasteiger partial charge is 0.481 e. The SMILES string of the molecule is CCCCCC(C/C=C\CCCC(=O)O)(CC12CCC(C1)C(C=O)C2)C12CCC(C1)C(C=O)C2. The number of fused-ring (bicyclic) bond motifs is 4. The van der Waals surface area contributed by atoms with E-state index in [1.165, 1.54) is 83.2 Å². The molecule has 4 saturated carbocycles. The lowest BCUT2D eigenvalue weighted by Gasteiger charge is -2.53. The summed E-state index contributed by atoms with van der Waals surface area (Å²) in [6.07, 6.45) is 25.6. The number of allylic oxidation sites excluding steroid dienone is 2. The summed E-state index contributed by atoms with van der Waals surface area (Å²) in [7, 11) is 0. The molecule has 34 heavy (non-hydrogen) atoms. The van der Waals surface area contributed by atoms with E-state index in [0.29, 0.717) is 23.7 Å². The summed E-state index contributed by atoms with van der Waals surface area (Å²) in [6.45, 7) is 2.28. The predicted octanol–water partition coefficient (Wildman–Crippen LogP) is 7.16. The summed E-state index contributed by atoms with van der Waals surface area (Å²) in [5.41, 5.74) is 0.769. The van der Waals surface area contributed by atoms with Crippen LogP contribution in [0.25, 0.3) is 0 Å². The standard InChI is InChI=1S/C30H46O4/c1-2-3-7-12-29(13-8-5-4-6-9-27(33)34,30-15-11-24(18-30)26(19-30)21-32)22-28-14-10-23(16-28)25(17-28)20-31/h5,8,20-21,23-26H,2-4,6-7,9-19,22H2,1H3,(H,33,34)/b8-5-. The molecular weight excluding hydrogens is 424 g/mol. The molecule has 4 rings (SSSR count). The highest BCUT2D eigenvalue weighted by molar-refractivity contribution is 5.66. The maximum absolute atomic E-state index is 12.0. The number of carboxylic acid groups (broad SMARTS) is 1. The molecule has 0 saturated heterocycles. The van der Waals surface area contributed by atoms with Gasteiger partial charge in [-0.25, -0.2) is 0 Å². The summed E-state index contributed by atoms with van der Waals surface area (Å²) >= 11 is 0. The first-order valence-electron chi connectivity index (χ1n) is 14.2. The molecule has 4 fully saturated rings. The minimum atomic E-state index is -0.718. The lowest BCUT2D eigenvalue weighted by molar-refractivity contribution is -0.137. The van der Waals surface area contributed by atoms with Gasteiger partial charge < -0.3 is 14.7 Å². The van der Waals surface area contributed by atoms with E-state index in [4.69, 9.17) is 5.11 Å². The molecule has 4 heteroatoms. The zero-order valence-electron chi connectivity index (χ0n) is 21.3. The van der Waals surface area contributed by atoms with Crippen molar-refractivity contribution in [3.63, 3.8) is 0 Å². The van der Waals surface area contributed by atoms with Crippen molar-refractivity contribution in [3.05, 3.63) is 12.2 Å².